The molecule has 0 aliphatic rings. The van der Waals surface area contributed by atoms with Crippen molar-refractivity contribution < 1.29 is 13.5 Å². The second-order valence-corrected chi connectivity index (χ2v) is 4.88. The number of nitrogens with one attached hydrogen (secondary N) is 1. The Balaban J connectivity index is 1.77. The number of alkyl halides is 2. The lowest BCUT2D eigenvalue weighted by molar-refractivity contribution is -0.0498. The maximum Gasteiger partial charge on any atom is 0.387 e. The Bertz CT molecular complexity index is 537. The standard InChI is InChI=1S/C16H20F2N2O/c1-2-8-20-9-7-14(12-20)11-19-10-13-3-5-15(6-4-13)21-16(17)18/h3-7,9,12,16,19H,2,8,10-11H2,1H3. The van der Waals surface area contributed by atoms with Crippen LogP contribution in [0.4, 0.5) is 8.78 Å². The lowest BCUT2D eigenvalue weighted by Crippen LogP contribution is -2.12. The van der Waals surface area contributed by atoms with Crippen molar-refractivity contribution in [2.75, 3.05) is 0 Å². The van der Waals surface area contributed by atoms with Gasteiger partial charge in [-0.15, -0.1) is 0 Å². The maximum atomic E-state index is 12.0. The SMILES string of the molecule is CCCn1ccc(CNCc2ccc(OC(F)F)cc2)c1. The molecule has 1 aromatic heterocycles. The molecule has 2 rings (SSSR count). The maximum absolute atomic E-state index is 12.0. The molecule has 1 aromatic carbocycles. The normalized spacial score (nSPS) is 11.0. The molecule has 0 saturated heterocycles. The highest BCUT2D eigenvalue weighted by molar-refractivity contribution is 5.27. The van der Waals surface area contributed by atoms with Crippen LogP contribution in [0.1, 0.15) is 24.5 Å². The predicted octanol–water partition coefficient (Wildman–Crippen LogP) is 3.79. The van der Waals surface area contributed by atoms with E-state index in [9.17, 15) is 8.78 Å². The average Bonchev–Trinajstić information content (AvgIpc) is 2.88. The van der Waals surface area contributed by atoms with Gasteiger partial charge in [-0.1, -0.05) is 19.1 Å². The number of rotatable bonds is 8. The first-order valence-corrected chi connectivity index (χ1v) is 7.06. The number of ether oxygens (including phenoxy) is 1. The van der Waals surface area contributed by atoms with Crippen molar-refractivity contribution in [3.8, 4) is 5.75 Å². The van der Waals surface area contributed by atoms with Crippen LogP contribution < -0.4 is 10.1 Å². The third kappa shape index (κ3) is 5.19. The van der Waals surface area contributed by atoms with Gasteiger partial charge in [-0.2, -0.15) is 8.78 Å². The summed E-state index contributed by atoms with van der Waals surface area (Å²) >= 11 is 0. The van der Waals surface area contributed by atoms with Crippen LogP contribution in [0, 0.1) is 0 Å². The van der Waals surface area contributed by atoms with Crippen molar-refractivity contribution in [3.05, 3.63) is 53.9 Å². The third-order valence-electron chi connectivity index (χ3n) is 3.10. The molecule has 0 spiro atoms. The molecule has 1 heterocycles. The van der Waals surface area contributed by atoms with Gasteiger partial charge in [0.15, 0.2) is 0 Å². The van der Waals surface area contributed by atoms with Gasteiger partial charge in [0.2, 0.25) is 0 Å². The molecule has 0 saturated carbocycles. The fourth-order valence-electron chi connectivity index (χ4n) is 2.13. The molecular formula is C16H20F2N2O. The smallest absolute Gasteiger partial charge is 0.387 e. The molecule has 21 heavy (non-hydrogen) atoms. The van der Waals surface area contributed by atoms with Gasteiger partial charge >= 0.3 is 6.61 Å². The zero-order valence-corrected chi connectivity index (χ0v) is 12.1. The van der Waals surface area contributed by atoms with Gasteiger partial charge in [0.05, 0.1) is 0 Å². The zero-order chi connectivity index (χ0) is 15.1. The van der Waals surface area contributed by atoms with Crippen molar-refractivity contribution >= 4 is 0 Å². The van der Waals surface area contributed by atoms with E-state index >= 15 is 0 Å². The molecule has 0 aliphatic carbocycles. The predicted molar refractivity (Wildman–Crippen MR) is 78.3 cm³/mol. The Morgan fingerprint density at radius 3 is 2.48 bits per heavy atom. The number of halogens is 2. The quantitative estimate of drug-likeness (QED) is 0.801. The van der Waals surface area contributed by atoms with Crippen LogP contribution in [0.2, 0.25) is 0 Å². The van der Waals surface area contributed by atoms with E-state index in [1.165, 1.54) is 5.56 Å². The van der Waals surface area contributed by atoms with Crippen molar-refractivity contribution in [2.24, 2.45) is 0 Å². The van der Waals surface area contributed by atoms with Crippen LogP contribution in [-0.4, -0.2) is 11.2 Å². The van der Waals surface area contributed by atoms with Gasteiger partial charge in [-0.05, 0) is 35.7 Å². The zero-order valence-electron chi connectivity index (χ0n) is 12.1. The Labute approximate surface area is 123 Å². The number of aryl methyl sites for hydroxylation is 1. The first-order valence-electron chi connectivity index (χ1n) is 7.06. The van der Waals surface area contributed by atoms with Crippen molar-refractivity contribution in [2.45, 2.75) is 39.6 Å². The number of aromatic nitrogens is 1. The number of hydrogen-bond acceptors (Lipinski definition) is 2. The Kier molecular flexibility index (Phi) is 5.75. The number of nitrogens with zero attached hydrogens (tertiary/aromatic N) is 1. The summed E-state index contributed by atoms with van der Waals surface area (Å²) in [5.74, 6) is 0.186. The van der Waals surface area contributed by atoms with E-state index in [0.717, 1.165) is 25.1 Å². The van der Waals surface area contributed by atoms with Crippen molar-refractivity contribution in [1.29, 1.82) is 0 Å². The molecule has 0 radical (unpaired) electrons. The molecule has 0 atom stereocenters. The van der Waals surface area contributed by atoms with Crippen LogP contribution in [0.25, 0.3) is 0 Å². The second kappa shape index (κ2) is 7.78. The molecule has 0 unspecified atom stereocenters. The summed E-state index contributed by atoms with van der Waals surface area (Å²) in [6.07, 6.45) is 5.33. The summed E-state index contributed by atoms with van der Waals surface area (Å²) in [6.45, 7) is 1.88. The lowest BCUT2D eigenvalue weighted by Gasteiger charge is -2.07. The summed E-state index contributed by atoms with van der Waals surface area (Å²) in [4.78, 5) is 0. The van der Waals surface area contributed by atoms with Crippen molar-refractivity contribution in [1.82, 2.24) is 9.88 Å². The van der Waals surface area contributed by atoms with Crippen LogP contribution >= 0.6 is 0 Å². The minimum atomic E-state index is -2.78. The minimum Gasteiger partial charge on any atom is -0.435 e. The van der Waals surface area contributed by atoms with E-state index in [-0.39, 0.29) is 5.75 Å². The molecule has 0 aliphatic heterocycles. The summed E-state index contributed by atoms with van der Waals surface area (Å²) in [5.41, 5.74) is 2.27. The lowest BCUT2D eigenvalue weighted by atomic mass is 10.2. The van der Waals surface area contributed by atoms with Gasteiger partial charge in [0.1, 0.15) is 5.75 Å². The molecule has 0 bridgehead atoms. The Morgan fingerprint density at radius 1 is 1.10 bits per heavy atom. The fraction of sp³-hybridized carbons (Fsp3) is 0.375. The molecule has 0 fully saturated rings. The third-order valence-corrected chi connectivity index (χ3v) is 3.10. The van der Waals surface area contributed by atoms with E-state index in [0.29, 0.717) is 6.54 Å². The average molecular weight is 294 g/mol. The van der Waals surface area contributed by atoms with Crippen LogP contribution in [0.5, 0.6) is 5.75 Å². The second-order valence-electron chi connectivity index (χ2n) is 4.88. The fourth-order valence-corrected chi connectivity index (χ4v) is 2.13. The van der Waals surface area contributed by atoms with Crippen LogP contribution in [-0.2, 0) is 19.6 Å². The van der Waals surface area contributed by atoms with E-state index in [4.69, 9.17) is 0 Å². The van der Waals surface area contributed by atoms with Gasteiger partial charge in [0, 0.05) is 32.0 Å². The van der Waals surface area contributed by atoms with Crippen molar-refractivity contribution in [3.63, 3.8) is 0 Å². The molecule has 5 heteroatoms. The van der Waals surface area contributed by atoms with Crippen LogP contribution in [0.15, 0.2) is 42.7 Å². The first-order chi connectivity index (χ1) is 10.2. The van der Waals surface area contributed by atoms with Gasteiger partial charge in [-0.25, -0.2) is 0 Å². The summed E-state index contributed by atoms with van der Waals surface area (Å²) in [7, 11) is 0. The monoisotopic (exact) mass is 294 g/mol. The van der Waals surface area contributed by atoms with E-state index < -0.39 is 6.61 Å². The van der Waals surface area contributed by atoms with E-state index in [2.05, 4.69) is 40.0 Å². The largest absolute Gasteiger partial charge is 0.435 e. The van der Waals surface area contributed by atoms with E-state index in [1.807, 2.05) is 0 Å². The summed E-state index contributed by atoms with van der Waals surface area (Å²) in [6, 6.07) is 8.78. The Morgan fingerprint density at radius 2 is 1.81 bits per heavy atom. The number of benzene rings is 1. The number of hydrogen-bond donors (Lipinski definition) is 1. The van der Waals surface area contributed by atoms with E-state index in [1.54, 1.807) is 24.3 Å². The Hall–Kier alpha value is -1.88. The molecular weight excluding hydrogens is 274 g/mol. The molecule has 0 amide bonds. The molecule has 1 N–H and O–H groups in total. The van der Waals surface area contributed by atoms with Gasteiger partial charge in [-0.3, -0.25) is 0 Å². The summed E-state index contributed by atoms with van der Waals surface area (Å²) < 4.78 is 30.5. The van der Waals surface area contributed by atoms with Crippen LogP contribution in [0.3, 0.4) is 0 Å². The summed E-state index contributed by atoms with van der Waals surface area (Å²) in [5, 5.41) is 3.33. The van der Waals surface area contributed by atoms with Gasteiger partial charge in [0.25, 0.3) is 0 Å². The highest BCUT2D eigenvalue weighted by Crippen LogP contribution is 2.14. The topological polar surface area (TPSA) is 26.2 Å². The molecule has 3 nitrogen and oxygen atoms in total. The minimum absolute atomic E-state index is 0.186. The molecule has 2 aromatic rings. The highest BCUT2D eigenvalue weighted by Gasteiger charge is 2.03. The molecule has 114 valence electrons. The first kappa shape index (κ1) is 15.5. The highest BCUT2D eigenvalue weighted by atomic mass is 19.3. The van der Waals surface area contributed by atoms with Gasteiger partial charge < -0.3 is 14.6 Å².